The fraction of sp³-hybridized carbons (Fsp3) is 0.571. The third-order valence-electron chi connectivity index (χ3n) is 2.89. The second kappa shape index (κ2) is 4.85. The zero-order chi connectivity index (χ0) is 14.1. The van der Waals surface area contributed by atoms with Crippen LogP contribution in [0.15, 0.2) is 12.1 Å². The Bertz CT molecular complexity index is 393. The van der Waals surface area contributed by atoms with Crippen LogP contribution in [0.5, 0.6) is 11.5 Å². The third-order valence-corrected chi connectivity index (χ3v) is 2.89. The largest absolute Gasteiger partial charge is 0.569 e. The molecule has 0 aromatic heterocycles. The van der Waals surface area contributed by atoms with Crippen molar-refractivity contribution >= 4 is 7.69 Å². The van der Waals surface area contributed by atoms with Crippen LogP contribution in [-0.4, -0.2) is 17.8 Å². The van der Waals surface area contributed by atoms with Gasteiger partial charge in [0, 0.05) is 11.1 Å². The van der Waals surface area contributed by atoms with E-state index in [9.17, 15) is 5.11 Å². The first kappa shape index (κ1) is 14.9. The molecule has 99 valence electrons. The Kier molecular flexibility index (Phi) is 4.01. The Labute approximate surface area is 110 Å². The third kappa shape index (κ3) is 3.19. The van der Waals surface area contributed by atoms with E-state index < -0.39 is 0 Å². The topological polar surface area (TPSA) is 49.7 Å². The zero-order valence-electron chi connectivity index (χ0n) is 12.0. The van der Waals surface area contributed by atoms with Crippen LogP contribution in [0.25, 0.3) is 0 Å². The van der Waals surface area contributed by atoms with E-state index in [4.69, 9.17) is 9.68 Å². The average Bonchev–Trinajstić information content (AvgIpc) is 2.17. The van der Waals surface area contributed by atoms with E-state index in [0.717, 1.165) is 11.1 Å². The first-order chi connectivity index (χ1) is 8.07. The number of benzene rings is 1. The molecule has 0 unspecified atom stereocenters. The van der Waals surface area contributed by atoms with Crippen molar-refractivity contribution in [3.05, 3.63) is 23.3 Å². The van der Waals surface area contributed by atoms with E-state index in [1.54, 1.807) is 12.1 Å². The van der Waals surface area contributed by atoms with Crippen LogP contribution < -0.4 is 4.65 Å². The lowest BCUT2D eigenvalue weighted by molar-refractivity contribution is 0.414. The van der Waals surface area contributed by atoms with Gasteiger partial charge in [-0.25, -0.2) is 0 Å². The number of phenols is 1. The van der Waals surface area contributed by atoms with Gasteiger partial charge < -0.3 is 14.8 Å². The van der Waals surface area contributed by atoms with Gasteiger partial charge >= 0.3 is 7.69 Å². The molecule has 0 saturated heterocycles. The molecule has 2 N–H and O–H groups in total. The molecule has 0 aliphatic rings. The Morgan fingerprint density at radius 2 is 1.33 bits per heavy atom. The van der Waals surface area contributed by atoms with Crippen molar-refractivity contribution in [1.82, 2.24) is 0 Å². The van der Waals surface area contributed by atoms with Crippen molar-refractivity contribution in [3.63, 3.8) is 0 Å². The molecule has 1 aromatic rings. The van der Waals surface area contributed by atoms with Crippen LogP contribution in [-0.2, 0) is 10.8 Å². The van der Waals surface area contributed by atoms with Crippen molar-refractivity contribution in [2.45, 2.75) is 52.4 Å². The first-order valence-electron chi connectivity index (χ1n) is 6.08. The molecular weight excluding hydrogens is 227 g/mol. The van der Waals surface area contributed by atoms with Crippen molar-refractivity contribution in [2.24, 2.45) is 0 Å². The van der Waals surface area contributed by atoms with Gasteiger partial charge in [-0.2, -0.15) is 0 Å². The summed E-state index contributed by atoms with van der Waals surface area (Å²) in [7, 11) is 0.658. The highest BCUT2D eigenvalue weighted by molar-refractivity contribution is 6.17. The minimum atomic E-state index is -0.196. The van der Waals surface area contributed by atoms with E-state index in [2.05, 4.69) is 0 Å². The van der Waals surface area contributed by atoms with E-state index >= 15 is 0 Å². The normalized spacial score (nSPS) is 12.4. The summed E-state index contributed by atoms with van der Waals surface area (Å²) in [6.07, 6.45) is 0. The number of hydrogen-bond acceptors (Lipinski definition) is 3. The molecule has 0 amide bonds. The number of phenolic OH excluding ortho intramolecular Hbond substituents is 1. The fourth-order valence-corrected chi connectivity index (χ4v) is 1.88. The molecule has 0 atom stereocenters. The zero-order valence-corrected chi connectivity index (χ0v) is 12.0. The number of hydrogen-bond donors (Lipinski definition) is 2. The Morgan fingerprint density at radius 3 is 1.61 bits per heavy atom. The van der Waals surface area contributed by atoms with Gasteiger partial charge in [0.1, 0.15) is 11.5 Å². The second-order valence-corrected chi connectivity index (χ2v) is 6.59. The van der Waals surface area contributed by atoms with E-state index in [1.165, 1.54) is 0 Å². The summed E-state index contributed by atoms with van der Waals surface area (Å²) in [4.78, 5) is 0. The predicted molar refractivity (Wildman–Crippen MR) is 74.1 cm³/mol. The average molecular weight is 249 g/mol. The summed E-state index contributed by atoms with van der Waals surface area (Å²) in [5, 5.41) is 19.2. The lowest BCUT2D eigenvalue weighted by Gasteiger charge is -2.28. The fourth-order valence-electron chi connectivity index (χ4n) is 1.88. The van der Waals surface area contributed by atoms with Gasteiger partial charge in [-0.1, -0.05) is 41.5 Å². The molecule has 3 nitrogen and oxygen atoms in total. The molecule has 1 aromatic carbocycles. The van der Waals surface area contributed by atoms with Crippen LogP contribution in [0.3, 0.4) is 0 Å². The van der Waals surface area contributed by atoms with Gasteiger partial charge in [0.2, 0.25) is 0 Å². The predicted octanol–water partition coefficient (Wildman–Crippen LogP) is 2.89. The highest BCUT2D eigenvalue weighted by Gasteiger charge is 2.26. The lowest BCUT2D eigenvalue weighted by atomic mass is 9.79. The molecule has 0 heterocycles. The smallest absolute Gasteiger partial charge is 0.537 e. The standard InChI is InChI=1S/C14H22BO3/c1-13(2,3)10-7-9(18-15-17)8-11(12(10)16)14(4,5)6/h7-8,16-17H,1-6H3. The highest BCUT2D eigenvalue weighted by Crippen LogP contribution is 2.41. The maximum atomic E-state index is 10.4. The molecule has 4 heteroatoms. The molecule has 0 saturated carbocycles. The van der Waals surface area contributed by atoms with Gasteiger partial charge in [-0.3, -0.25) is 0 Å². The molecule has 18 heavy (non-hydrogen) atoms. The molecule has 0 bridgehead atoms. The first-order valence-corrected chi connectivity index (χ1v) is 6.08. The second-order valence-electron chi connectivity index (χ2n) is 6.59. The summed E-state index contributed by atoms with van der Waals surface area (Å²) < 4.78 is 5.05. The summed E-state index contributed by atoms with van der Waals surface area (Å²) in [5.74, 6) is 0.838. The monoisotopic (exact) mass is 249 g/mol. The molecule has 1 rings (SSSR count). The molecule has 0 aliphatic heterocycles. The van der Waals surface area contributed by atoms with Crippen LogP contribution in [0.4, 0.5) is 0 Å². The highest BCUT2D eigenvalue weighted by atomic mass is 16.5. The van der Waals surface area contributed by atoms with Crippen molar-refractivity contribution in [1.29, 1.82) is 0 Å². The Morgan fingerprint density at radius 1 is 0.944 bits per heavy atom. The van der Waals surface area contributed by atoms with Crippen molar-refractivity contribution in [3.8, 4) is 11.5 Å². The van der Waals surface area contributed by atoms with Gasteiger partial charge in [-0.15, -0.1) is 0 Å². The van der Waals surface area contributed by atoms with Gasteiger partial charge in [-0.05, 0) is 23.0 Å². The summed E-state index contributed by atoms with van der Waals surface area (Å²) >= 11 is 0. The molecule has 0 spiro atoms. The van der Waals surface area contributed by atoms with Gasteiger partial charge in [0.25, 0.3) is 0 Å². The quantitative estimate of drug-likeness (QED) is 0.792. The summed E-state index contributed by atoms with van der Waals surface area (Å²) in [6.45, 7) is 12.2. The SMILES string of the molecule is CC(C)(C)c1cc(O[B]O)cc(C(C)(C)C)c1O. The summed E-state index contributed by atoms with van der Waals surface area (Å²) in [5.41, 5.74) is 1.23. The Hall–Kier alpha value is -1.16. The number of rotatable bonds is 2. The maximum Gasteiger partial charge on any atom is 0.569 e. The Balaban J connectivity index is 3.48. The van der Waals surface area contributed by atoms with Crippen LogP contribution >= 0.6 is 0 Å². The van der Waals surface area contributed by atoms with Gasteiger partial charge in [0.15, 0.2) is 0 Å². The maximum absolute atomic E-state index is 10.4. The van der Waals surface area contributed by atoms with Crippen LogP contribution in [0.2, 0.25) is 0 Å². The van der Waals surface area contributed by atoms with Crippen molar-refractivity contribution in [2.75, 3.05) is 0 Å². The summed E-state index contributed by atoms with van der Waals surface area (Å²) in [6, 6.07) is 3.52. The van der Waals surface area contributed by atoms with E-state index in [-0.39, 0.29) is 10.8 Å². The van der Waals surface area contributed by atoms with E-state index in [0.29, 0.717) is 19.2 Å². The van der Waals surface area contributed by atoms with E-state index in [1.807, 2.05) is 41.5 Å². The molecule has 0 aliphatic carbocycles. The van der Waals surface area contributed by atoms with Gasteiger partial charge in [0.05, 0.1) is 0 Å². The minimum absolute atomic E-state index is 0.196. The van der Waals surface area contributed by atoms with Crippen LogP contribution in [0, 0.1) is 0 Å². The molecular formula is C14H22BO3. The van der Waals surface area contributed by atoms with Crippen molar-refractivity contribution < 1.29 is 14.8 Å². The van der Waals surface area contributed by atoms with Crippen LogP contribution in [0.1, 0.15) is 52.7 Å². The number of aromatic hydroxyl groups is 1. The lowest BCUT2D eigenvalue weighted by Crippen LogP contribution is -2.17. The minimum Gasteiger partial charge on any atom is -0.537 e. The molecule has 1 radical (unpaired) electrons. The molecule has 0 fully saturated rings.